The average molecular weight is 252 g/mol. The number of nitro groups is 1. The molecule has 0 aliphatic carbocycles. The summed E-state index contributed by atoms with van der Waals surface area (Å²) >= 11 is 0. The molecule has 7 nitrogen and oxygen atoms in total. The molecule has 1 aliphatic rings. The quantitative estimate of drug-likeness (QED) is 0.585. The van der Waals surface area contributed by atoms with Crippen molar-refractivity contribution in [1.29, 1.82) is 0 Å². The van der Waals surface area contributed by atoms with Crippen molar-refractivity contribution >= 4 is 11.6 Å². The van der Waals surface area contributed by atoms with Gasteiger partial charge in [-0.1, -0.05) is 6.92 Å². The van der Waals surface area contributed by atoms with Crippen LogP contribution in [-0.2, 0) is 7.05 Å². The molecule has 1 fully saturated rings. The predicted molar refractivity (Wildman–Crippen MR) is 64.2 cm³/mol. The van der Waals surface area contributed by atoms with E-state index in [-0.39, 0.29) is 17.3 Å². The van der Waals surface area contributed by atoms with Crippen LogP contribution in [0.3, 0.4) is 0 Å². The van der Waals surface area contributed by atoms with Crippen molar-refractivity contribution in [1.82, 2.24) is 14.7 Å². The van der Waals surface area contributed by atoms with Gasteiger partial charge in [0.05, 0.1) is 4.92 Å². The van der Waals surface area contributed by atoms with Crippen molar-refractivity contribution in [2.24, 2.45) is 13.0 Å². The highest BCUT2D eigenvalue weighted by molar-refractivity contribution is 5.96. The van der Waals surface area contributed by atoms with E-state index in [4.69, 9.17) is 0 Å². The second-order valence-electron chi connectivity index (χ2n) is 4.79. The van der Waals surface area contributed by atoms with Crippen molar-refractivity contribution in [3.05, 3.63) is 22.0 Å². The number of piperidine rings is 1. The summed E-state index contributed by atoms with van der Waals surface area (Å²) in [6, 6.07) is 0. The molecule has 0 radical (unpaired) electrons. The molecule has 18 heavy (non-hydrogen) atoms. The molecule has 0 N–H and O–H groups in total. The van der Waals surface area contributed by atoms with E-state index in [1.165, 1.54) is 10.9 Å². The zero-order valence-corrected chi connectivity index (χ0v) is 10.5. The summed E-state index contributed by atoms with van der Waals surface area (Å²) in [5.74, 6) is 0.0966. The molecule has 1 aromatic rings. The van der Waals surface area contributed by atoms with Crippen LogP contribution in [0.25, 0.3) is 0 Å². The number of nitrogens with zero attached hydrogens (tertiary/aromatic N) is 4. The number of carbonyl (C=O) groups is 1. The fraction of sp³-hybridized carbons (Fsp3) is 0.636. The van der Waals surface area contributed by atoms with E-state index < -0.39 is 4.92 Å². The lowest BCUT2D eigenvalue weighted by Gasteiger charge is -2.30. The number of hydrogen-bond donors (Lipinski definition) is 0. The third-order valence-corrected chi connectivity index (χ3v) is 3.15. The Bertz CT molecular complexity index is 483. The minimum atomic E-state index is -0.562. The molecule has 1 aliphatic heterocycles. The summed E-state index contributed by atoms with van der Waals surface area (Å²) in [5.41, 5.74) is -0.280. The summed E-state index contributed by atoms with van der Waals surface area (Å²) in [7, 11) is 1.57. The van der Waals surface area contributed by atoms with Gasteiger partial charge < -0.3 is 4.90 Å². The van der Waals surface area contributed by atoms with Gasteiger partial charge in [0.15, 0.2) is 0 Å². The highest BCUT2D eigenvalue weighted by atomic mass is 16.6. The van der Waals surface area contributed by atoms with Gasteiger partial charge >= 0.3 is 5.69 Å². The summed E-state index contributed by atoms with van der Waals surface area (Å²) in [6.45, 7) is 3.37. The third-order valence-electron chi connectivity index (χ3n) is 3.15. The normalized spacial score (nSPS) is 19.9. The van der Waals surface area contributed by atoms with Gasteiger partial charge in [0, 0.05) is 20.1 Å². The largest absolute Gasteiger partial charge is 0.337 e. The Kier molecular flexibility index (Phi) is 3.31. The maximum atomic E-state index is 12.2. The van der Waals surface area contributed by atoms with Crippen molar-refractivity contribution in [3.8, 4) is 0 Å². The maximum Gasteiger partial charge on any atom is 0.320 e. The highest BCUT2D eigenvalue weighted by Crippen LogP contribution is 2.22. The molecule has 1 atom stereocenters. The Morgan fingerprint density at radius 3 is 2.94 bits per heavy atom. The molecule has 2 heterocycles. The van der Waals surface area contributed by atoms with Gasteiger partial charge in [-0.3, -0.25) is 19.6 Å². The minimum Gasteiger partial charge on any atom is -0.337 e. The predicted octanol–water partition coefficient (Wildman–Crippen LogP) is 1.20. The van der Waals surface area contributed by atoms with Crippen LogP contribution in [-0.4, -0.2) is 38.6 Å². The van der Waals surface area contributed by atoms with Crippen LogP contribution in [0.2, 0.25) is 0 Å². The molecule has 1 amide bonds. The zero-order valence-electron chi connectivity index (χ0n) is 10.5. The van der Waals surface area contributed by atoms with Gasteiger partial charge in [0.1, 0.15) is 6.20 Å². The molecular weight excluding hydrogens is 236 g/mol. The molecule has 7 heteroatoms. The lowest BCUT2D eigenvalue weighted by atomic mass is 10.00. The van der Waals surface area contributed by atoms with Gasteiger partial charge in [-0.05, 0) is 18.8 Å². The average Bonchev–Trinajstić information content (AvgIpc) is 2.70. The molecule has 0 bridgehead atoms. The van der Waals surface area contributed by atoms with E-state index in [0.717, 1.165) is 12.8 Å². The fourth-order valence-electron chi connectivity index (χ4n) is 2.29. The van der Waals surface area contributed by atoms with Crippen LogP contribution in [0.4, 0.5) is 5.69 Å². The Morgan fingerprint density at radius 2 is 2.33 bits per heavy atom. The summed E-state index contributed by atoms with van der Waals surface area (Å²) < 4.78 is 1.30. The summed E-state index contributed by atoms with van der Waals surface area (Å²) in [4.78, 5) is 24.2. The van der Waals surface area contributed by atoms with Crippen molar-refractivity contribution in [3.63, 3.8) is 0 Å². The molecule has 0 unspecified atom stereocenters. The molecule has 0 aromatic carbocycles. The van der Waals surface area contributed by atoms with Crippen LogP contribution in [0.5, 0.6) is 0 Å². The monoisotopic (exact) mass is 252 g/mol. The number of amides is 1. The number of rotatable bonds is 2. The standard InChI is InChI=1S/C11H16N4O3/c1-8-4-3-5-14(6-8)11(16)10-9(15(17)18)7-13(2)12-10/h7-8H,3-6H2,1-2H3/t8-/m0/s1. The molecule has 98 valence electrons. The van der Waals surface area contributed by atoms with Crippen LogP contribution >= 0.6 is 0 Å². The molecule has 1 aromatic heterocycles. The van der Waals surface area contributed by atoms with E-state index in [2.05, 4.69) is 12.0 Å². The van der Waals surface area contributed by atoms with Gasteiger partial charge in [-0.2, -0.15) is 5.10 Å². The van der Waals surface area contributed by atoms with Crippen LogP contribution in [0, 0.1) is 16.0 Å². The second-order valence-corrected chi connectivity index (χ2v) is 4.79. The molecule has 0 saturated carbocycles. The number of aryl methyl sites for hydroxylation is 1. The number of carbonyl (C=O) groups excluding carboxylic acids is 1. The Hall–Kier alpha value is -1.92. The lowest BCUT2D eigenvalue weighted by Crippen LogP contribution is -2.39. The smallest absolute Gasteiger partial charge is 0.320 e. The molecule has 0 spiro atoms. The van der Waals surface area contributed by atoms with Gasteiger partial charge in [-0.25, -0.2) is 0 Å². The first-order chi connectivity index (χ1) is 8.49. The second kappa shape index (κ2) is 4.75. The zero-order chi connectivity index (χ0) is 13.3. The van der Waals surface area contributed by atoms with Crippen LogP contribution in [0.1, 0.15) is 30.3 Å². The Balaban J connectivity index is 2.25. The topological polar surface area (TPSA) is 81.3 Å². The summed E-state index contributed by atoms with van der Waals surface area (Å²) in [5, 5.41) is 14.8. The van der Waals surface area contributed by atoms with Gasteiger partial charge in [-0.15, -0.1) is 0 Å². The number of likely N-dealkylation sites (tertiary alicyclic amines) is 1. The van der Waals surface area contributed by atoms with Gasteiger partial charge in [0.2, 0.25) is 5.69 Å². The third kappa shape index (κ3) is 2.34. The van der Waals surface area contributed by atoms with E-state index >= 15 is 0 Å². The van der Waals surface area contributed by atoms with Crippen molar-refractivity contribution < 1.29 is 9.72 Å². The van der Waals surface area contributed by atoms with E-state index in [0.29, 0.717) is 19.0 Å². The Morgan fingerprint density at radius 1 is 1.61 bits per heavy atom. The van der Waals surface area contributed by atoms with E-state index in [9.17, 15) is 14.9 Å². The molecule has 2 rings (SSSR count). The van der Waals surface area contributed by atoms with Crippen molar-refractivity contribution in [2.45, 2.75) is 19.8 Å². The van der Waals surface area contributed by atoms with E-state index in [1.54, 1.807) is 11.9 Å². The number of hydrogen-bond acceptors (Lipinski definition) is 4. The van der Waals surface area contributed by atoms with Crippen molar-refractivity contribution in [2.75, 3.05) is 13.1 Å². The van der Waals surface area contributed by atoms with Crippen LogP contribution in [0.15, 0.2) is 6.20 Å². The first-order valence-corrected chi connectivity index (χ1v) is 5.96. The number of aromatic nitrogens is 2. The maximum absolute atomic E-state index is 12.2. The highest BCUT2D eigenvalue weighted by Gasteiger charge is 2.30. The van der Waals surface area contributed by atoms with Gasteiger partial charge in [0.25, 0.3) is 5.91 Å². The van der Waals surface area contributed by atoms with Crippen LogP contribution < -0.4 is 0 Å². The first-order valence-electron chi connectivity index (χ1n) is 5.96. The fourth-order valence-corrected chi connectivity index (χ4v) is 2.29. The SMILES string of the molecule is C[C@H]1CCCN(C(=O)c2nn(C)cc2[N+](=O)[O-])C1. The lowest BCUT2D eigenvalue weighted by molar-refractivity contribution is -0.385. The summed E-state index contributed by atoms with van der Waals surface area (Å²) in [6.07, 6.45) is 3.29. The van der Waals surface area contributed by atoms with E-state index in [1.807, 2.05) is 0 Å². The minimum absolute atomic E-state index is 0.0587. The molecular formula is C11H16N4O3. The molecule has 1 saturated heterocycles. The first kappa shape index (κ1) is 12.5. The Labute approximate surface area is 105 Å².